The molecule has 6 nitrogen and oxygen atoms in total. The van der Waals surface area contributed by atoms with Crippen molar-refractivity contribution >= 4 is 17.4 Å². The monoisotopic (exact) mass is 456 g/mol. The van der Waals surface area contributed by atoms with Crippen LogP contribution in [0.1, 0.15) is 21.5 Å². The third kappa shape index (κ3) is 5.81. The Balaban J connectivity index is 1.32. The predicted octanol–water partition coefficient (Wildman–Crippen LogP) is 4.38. The maximum atomic E-state index is 12.9. The van der Waals surface area contributed by atoms with Gasteiger partial charge in [-0.3, -0.25) is 9.69 Å². The van der Waals surface area contributed by atoms with Crippen LogP contribution in [0.2, 0.25) is 0 Å². The number of hydrogen-bond donors (Lipinski definition) is 2. The quantitative estimate of drug-likeness (QED) is 0.597. The molecule has 0 aliphatic carbocycles. The number of amides is 1. The standard InChI is InChI=1S/C24H23F3N4O2/c25-24(26,27)19-5-2-4-18(14-19)23(33)29-20-7-8-22(28-15-20)31-11-9-30(10-12-31)16-17-3-1-6-21(32)13-17/h1-8,13-15,32H,9-12,16H2,(H,29,33). The van der Waals surface area contributed by atoms with Crippen LogP contribution < -0.4 is 10.2 Å². The van der Waals surface area contributed by atoms with Gasteiger partial charge in [0, 0.05) is 38.3 Å². The van der Waals surface area contributed by atoms with E-state index < -0.39 is 17.6 Å². The van der Waals surface area contributed by atoms with Crippen molar-refractivity contribution < 1.29 is 23.1 Å². The number of phenolic OH excluding ortho intramolecular Hbond substituents is 1. The second-order valence-corrected chi connectivity index (χ2v) is 7.87. The van der Waals surface area contributed by atoms with Crippen LogP contribution in [0, 0.1) is 0 Å². The summed E-state index contributed by atoms with van der Waals surface area (Å²) in [5, 5.41) is 12.2. The number of phenols is 1. The Labute approximate surface area is 189 Å². The lowest BCUT2D eigenvalue weighted by atomic mass is 10.1. The number of aromatic hydroxyl groups is 1. The first-order valence-corrected chi connectivity index (χ1v) is 10.5. The van der Waals surface area contributed by atoms with Crippen LogP contribution in [0.15, 0.2) is 66.9 Å². The first-order chi connectivity index (χ1) is 15.8. The van der Waals surface area contributed by atoms with Crippen molar-refractivity contribution in [1.82, 2.24) is 9.88 Å². The fraction of sp³-hybridized carbons (Fsp3) is 0.250. The van der Waals surface area contributed by atoms with Gasteiger partial charge in [-0.15, -0.1) is 0 Å². The summed E-state index contributed by atoms with van der Waals surface area (Å²) >= 11 is 0. The van der Waals surface area contributed by atoms with Crippen LogP contribution in [0.4, 0.5) is 24.7 Å². The number of aromatic nitrogens is 1. The summed E-state index contributed by atoms with van der Waals surface area (Å²) in [5.74, 6) is 0.399. The molecule has 1 aliphatic rings. The topological polar surface area (TPSA) is 68.7 Å². The molecule has 1 amide bonds. The van der Waals surface area contributed by atoms with E-state index >= 15 is 0 Å². The molecule has 1 aliphatic heterocycles. The molecule has 4 rings (SSSR count). The van der Waals surface area contributed by atoms with Crippen LogP contribution in [-0.2, 0) is 12.7 Å². The van der Waals surface area contributed by atoms with E-state index in [9.17, 15) is 23.1 Å². The molecule has 2 N–H and O–H groups in total. The summed E-state index contributed by atoms with van der Waals surface area (Å²) < 4.78 is 38.6. The number of carbonyl (C=O) groups is 1. The number of anilines is 2. The summed E-state index contributed by atoms with van der Waals surface area (Å²) in [5.41, 5.74) is 0.523. The minimum absolute atomic E-state index is 0.0724. The number of rotatable bonds is 5. The van der Waals surface area contributed by atoms with Crippen LogP contribution in [0.25, 0.3) is 0 Å². The van der Waals surface area contributed by atoms with E-state index in [1.165, 1.54) is 18.3 Å². The van der Waals surface area contributed by atoms with E-state index in [-0.39, 0.29) is 11.3 Å². The summed E-state index contributed by atoms with van der Waals surface area (Å²) in [6, 6.07) is 15.0. The smallest absolute Gasteiger partial charge is 0.416 e. The first kappa shape index (κ1) is 22.6. The van der Waals surface area contributed by atoms with E-state index in [0.717, 1.165) is 56.2 Å². The molecule has 1 fully saturated rings. The van der Waals surface area contributed by atoms with Crippen molar-refractivity contribution in [3.63, 3.8) is 0 Å². The molecule has 172 valence electrons. The number of nitrogens with one attached hydrogen (secondary N) is 1. The highest BCUT2D eigenvalue weighted by Crippen LogP contribution is 2.29. The number of pyridine rings is 1. The second-order valence-electron chi connectivity index (χ2n) is 7.87. The van der Waals surface area contributed by atoms with Crippen molar-refractivity contribution in [3.05, 3.63) is 83.6 Å². The summed E-state index contributed by atoms with van der Waals surface area (Å²) in [4.78, 5) is 21.2. The summed E-state index contributed by atoms with van der Waals surface area (Å²) in [7, 11) is 0. The number of carbonyl (C=O) groups excluding carboxylic acids is 1. The van der Waals surface area contributed by atoms with E-state index in [1.54, 1.807) is 24.3 Å². The lowest BCUT2D eigenvalue weighted by Crippen LogP contribution is -2.46. The Morgan fingerprint density at radius 2 is 1.76 bits per heavy atom. The zero-order valence-electron chi connectivity index (χ0n) is 17.7. The molecule has 0 bridgehead atoms. The lowest BCUT2D eigenvalue weighted by molar-refractivity contribution is -0.137. The van der Waals surface area contributed by atoms with Gasteiger partial charge in [0.15, 0.2) is 0 Å². The van der Waals surface area contributed by atoms with Gasteiger partial charge >= 0.3 is 6.18 Å². The number of halogens is 3. The number of alkyl halides is 3. The normalized spacial score (nSPS) is 14.8. The highest BCUT2D eigenvalue weighted by molar-refractivity contribution is 6.04. The van der Waals surface area contributed by atoms with Crippen LogP contribution in [-0.4, -0.2) is 47.1 Å². The SMILES string of the molecule is O=C(Nc1ccc(N2CCN(Cc3cccc(O)c3)CC2)nc1)c1cccc(C(F)(F)F)c1. The van der Waals surface area contributed by atoms with Crippen LogP contribution in [0.5, 0.6) is 5.75 Å². The Morgan fingerprint density at radius 3 is 2.42 bits per heavy atom. The molecule has 0 spiro atoms. The van der Waals surface area contributed by atoms with E-state index in [2.05, 4.69) is 20.1 Å². The molecular formula is C24H23F3N4O2. The van der Waals surface area contributed by atoms with Gasteiger partial charge in [-0.05, 0) is 48.0 Å². The number of benzene rings is 2. The maximum absolute atomic E-state index is 12.9. The third-order valence-electron chi connectivity index (χ3n) is 5.47. The predicted molar refractivity (Wildman–Crippen MR) is 119 cm³/mol. The summed E-state index contributed by atoms with van der Waals surface area (Å²) in [6.45, 7) is 4.00. The number of piperazine rings is 1. The third-order valence-corrected chi connectivity index (χ3v) is 5.47. The molecule has 9 heteroatoms. The van der Waals surface area contributed by atoms with E-state index in [1.807, 2.05) is 12.1 Å². The van der Waals surface area contributed by atoms with Gasteiger partial charge < -0.3 is 15.3 Å². The highest BCUT2D eigenvalue weighted by Gasteiger charge is 2.31. The number of hydrogen-bond acceptors (Lipinski definition) is 5. The van der Waals surface area contributed by atoms with E-state index in [0.29, 0.717) is 5.69 Å². The highest BCUT2D eigenvalue weighted by atomic mass is 19.4. The average Bonchev–Trinajstić information content (AvgIpc) is 2.80. The van der Waals surface area contributed by atoms with Gasteiger partial charge in [-0.2, -0.15) is 13.2 Å². The molecule has 0 atom stereocenters. The van der Waals surface area contributed by atoms with Crippen molar-refractivity contribution in [2.45, 2.75) is 12.7 Å². The number of nitrogens with zero attached hydrogens (tertiary/aromatic N) is 3. The van der Waals surface area contributed by atoms with Gasteiger partial charge in [0.2, 0.25) is 0 Å². The first-order valence-electron chi connectivity index (χ1n) is 10.5. The van der Waals surface area contributed by atoms with Crippen LogP contribution >= 0.6 is 0 Å². The van der Waals surface area contributed by atoms with Crippen molar-refractivity contribution in [2.24, 2.45) is 0 Å². The molecule has 2 aromatic carbocycles. The van der Waals surface area contributed by atoms with E-state index in [4.69, 9.17) is 0 Å². The molecule has 2 heterocycles. The molecule has 3 aromatic rings. The molecule has 0 unspecified atom stereocenters. The molecule has 0 saturated carbocycles. The molecular weight excluding hydrogens is 433 g/mol. The Kier molecular flexibility index (Phi) is 6.50. The Morgan fingerprint density at radius 1 is 1.00 bits per heavy atom. The van der Waals surface area contributed by atoms with Crippen LogP contribution in [0.3, 0.4) is 0 Å². The van der Waals surface area contributed by atoms with Gasteiger partial charge in [-0.1, -0.05) is 18.2 Å². The Bertz CT molecular complexity index is 1110. The zero-order valence-corrected chi connectivity index (χ0v) is 17.7. The molecule has 1 saturated heterocycles. The largest absolute Gasteiger partial charge is 0.508 e. The minimum Gasteiger partial charge on any atom is -0.508 e. The van der Waals surface area contributed by atoms with Gasteiger partial charge in [0.05, 0.1) is 17.4 Å². The van der Waals surface area contributed by atoms with Gasteiger partial charge in [-0.25, -0.2) is 4.98 Å². The average molecular weight is 456 g/mol. The lowest BCUT2D eigenvalue weighted by Gasteiger charge is -2.35. The maximum Gasteiger partial charge on any atom is 0.416 e. The zero-order chi connectivity index (χ0) is 23.4. The summed E-state index contributed by atoms with van der Waals surface area (Å²) in [6.07, 6.45) is -3.01. The fourth-order valence-electron chi connectivity index (χ4n) is 3.74. The minimum atomic E-state index is -4.51. The van der Waals surface area contributed by atoms with Crippen molar-refractivity contribution in [2.75, 3.05) is 36.4 Å². The van der Waals surface area contributed by atoms with Crippen molar-refractivity contribution in [3.8, 4) is 5.75 Å². The Hall–Kier alpha value is -3.59. The molecule has 1 aromatic heterocycles. The fourth-order valence-corrected chi connectivity index (χ4v) is 3.74. The second kappa shape index (κ2) is 9.50. The molecule has 0 radical (unpaired) electrons. The van der Waals surface area contributed by atoms with Crippen molar-refractivity contribution in [1.29, 1.82) is 0 Å². The van der Waals surface area contributed by atoms with Gasteiger partial charge in [0.1, 0.15) is 11.6 Å². The van der Waals surface area contributed by atoms with Gasteiger partial charge in [0.25, 0.3) is 5.91 Å². The molecule has 33 heavy (non-hydrogen) atoms.